The number of carbonyl (C=O) groups is 1. The van der Waals surface area contributed by atoms with Gasteiger partial charge in [-0.15, -0.1) is 12.4 Å². The Morgan fingerprint density at radius 2 is 1.67 bits per heavy atom. The number of methoxy groups -OCH3 is 1. The first kappa shape index (κ1) is 20.0. The fourth-order valence-electron chi connectivity index (χ4n) is 2.22. The smallest absolute Gasteiger partial charge is 0.243 e. The molecular weight excluding hydrogens is 326 g/mol. The minimum atomic E-state index is -0.670. The number of anilines is 2. The number of hydrogen-bond acceptors (Lipinski definition) is 4. The number of hydrogen-bond donors (Lipinski definition) is 3. The molecule has 6 heteroatoms. The third-order valence-electron chi connectivity index (χ3n) is 3.52. The molecule has 130 valence electrons. The Labute approximate surface area is 149 Å². The van der Waals surface area contributed by atoms with Gasteiger partial charge in [0.15, 0.2) is 0 Å². The van der Waals surface area contributed by atoms with Crippen LogP contribution in [-0.2, 0) is 9.53 Å². The lowest BCUT2D eigenvalue weighted by molar-refractivity contribution is -0.118. The Kier molecular flexibility index (Phi) is 8.26. The molecule has 2 rings (SSSR count). The van der Waals surface area contributed by atoms with Crippen LogP contribution in [0.4, 0.5) is 11.4 Å². The summed E-state index contributed by atoms with van der Waals surface area (Å²) in [4.78, 5) is 11.8. The van der Waals surface area contributed by atoms with Crippen molar-refractivity contribution in [2.75, 3.05) is 24.4 Å². The molecule has 0 heterocycles. The molecule has 0 spiro atoms. The molecular formula is C18H24ClN3O2. The number of carbonyl (C=O) groups excluding carboxylic acids is 1. The summed E-state index contributed by atoms with van der Waals surface area (Å²) in [6.45, 7) is 2.30. The third kappa shape index (κ3) is 5.85. The normalized spacial score (nSPS) is 12.6. The van der Waals surface area contributed by atoms with Crippen molar-refractivity contribution in [2.24, 2.45) is 5.73 Å². The molecule has 0 bridgehead atoms. The van der Waals surface area contributed by atoms with Crippen molar-refractivity contribution in [1.82, 2.24) is 0 Å². The van der Waals surface area contributed by atoms with Gasteiger partial charge in [0.2, 0.25) is 5.91 Å². The zero-order valence-electron chi connectivity index (χ0n) is 13.9. The average molecular weight is 350 g/mol. The summed E-state index contributed by atoms with van der Waals surface area (Å²) < 4.78 is 4.87. The topological polar surface area (TPSA) is 76.4 Å². The van der Waals surface area contributed by atoms with Gasteiger partial charge in [-0.1, -0.05) is 30.3 Å². The number of ether oxygens (including phenoxy) is 1. The van der Waals surface area contributed by atoms with Crippen LogP contribution < -0.4 is 16.4 Å². The summed E-state index contributed by atoms with van der Waals surface area (Å²) in [5.41, 5.74) is 8.60. The van der Waals surface area contributed by atoms with Gasteiger partial charge in [0, 0.05) is 24.5 Å². The van der Waals surface area contributed by atoms with Crippen molar-refractivity contribution in [1.29, 1.82) is 0 Å². The van der Waals surface area contributed by atoms with Crippen molar-refractivity contribution < 1.29 is 9.53 Å². The lowest BCUT2D eigenvalue weighted by Gasteiger charge is -2.16. The zero-order valence-corrected chi connectivity index (χ0v) is 14.7. The van der Waals surface area contributed by atoms with Crippen LogP contribution >= 0.6 is 12.4 Å². The summed E-state index contributed by atoms with van der Waals surface area (Å²) in [5.74, 6) is -0.259. The number of amides is 1. The summed E-state index contributed by atoms with van der Waals surface area (Å²) in [7, 11) is 1.52. The maximum atomic E-state index is 11.8. The molecule has 0 fully saturated rings. The highest BCUT2D eigenvalue weighted by Gasteiger charge is 2.13. The molecule has 0 saturated carbocycles. The predicted octanol–water partition coefficient (Wildman–Crippen LogP) is 3.19. The highest BCUT2D eigenvalue weighted by atomic mass is 35.5. The molecule has 24 heavy (non-hydrogen) atoms. The Hall–Kier alpha value is -2.08. The third-order valence-corrected chi connectivity index (χ3v) is 3.52. The van der Waals surface area contributed by atoms with Crippen molar-refractivity contribution in [3.63, 3.8) is 0 Å². The van der Waals surface area contributed by atoms with E-state index in [-0.39, 0.29) is 31.0 Å². The molecule has 2 unspecified atom stereocenters. The quantitative estimate of drug-likeness (QED) is 0.717. The second kappa shape index (κ2) is 9.93. The Morgan fingerprint density at radius 3 is 2.25 bits per heavy atom. The molecule has 0 aliphatic rings. The molecule has 0 aliphatic heterocycles. The van der Waals surface area contributed by atoms with Crippen molar-refractivity contribution in [3.05, 3.63) is 60.2 Å². The highest BCUT2D eigenvalue weighted by Crippen LogP contribution is 2.20. The van der Waals surface area contributed by atoms with E-state index in [1.54, 1.807) is 0 Å². The van der Waals surface area contributed by atoms with E-state index in [1.807, 2.05) is 42.5 Å². The van der Waals surface area contributed by atoms with Crippen LogP contribution in [0.5, 0.6) is 0 Å². The van der Waals surface area contributed by atoms with Crippen LogP contribution in [0, 0.1) is 0 Å². The van der Waals surface area contributed by atoms with Crippen LogP contribution in [0.1, 0.15) is 18.5 Å². The summed E-state index contributed by atoms with van der Waals surface area (Å²) in [6.07, 6.45) is 0. The first-order chi connectivity index (χ1) is 11.1. The monoisotopic (exact) mass is 349 g/mol. The minimum Gasteiger partial charge on any atom is -0.383 e. The van der Waals surface area contributed by atoms with E-state index < -0.39 is 6.04 Å². The number of nitrogens with two attached hydrogens (primary N) is 1. The Bertz CT molecular complexity index is 620. The number of halogens is 1. The van der Waals surface area contributed by atoms with Crippen molar-refractivity contribution >= 4 is 29.7 Å². The van der Waals surface area contributed by atoms with Crippen LogP contribution in [0.3, 0.4) is 0 Å². The van der Waals surface area contributed by atoms with E-state index in [4.69, 9.17) is 10.5 Å². The van der Waals surface area contributed by atoms with Gasteiger partial charge in [-0.3, -0.25) is 4.79 Å². The molecule has 2 atom stereocenters. The van der Waals surface area contributed by atoms with Gasteiger partial charge in [-0.25, -0.2) is 0 Å². The van der Waals surface area contributed by atoms with Gasteiger partial charge >= 0.3 is 0 Å². The molecule has 5 nitrogen and oxygen atoms in total. The van der Waals surface area contributed by atoms with Gasteiger partial charge < -0.3 is 21.1 Å². The summed E-state index contributed by atoms with van der Waals surface area (Å²) in [6, 6.07) is 17.3. The first-order valence-electron chi connectivity index (χ1n) is 7.57. The molecule has 0 radical (unpaired) electrons. The van der Waals surface area contributed by atoms with E-state index >= 15 is 0 Å². The fourth-order valence-corrected chi connectivity index (χ4v) is 2.22. The van der Waals surface area contributed by atoms with Gasteiger partial charge in [0.05, 0.1) is 6.61 Å². The largest absolute Gasteiger partial charge is 0.383 e. The van der Waals surface area contributed by atoms with Crippen molar-refractivity contribution in [2.45, 2.75) is 19.0 Å². The van der Waals surface area contributed by atoms with E-state index in [9.17, 15) is 4.79 Å². The van der Waals surface area contributed by atoms with Gasteiger partial charge in [0.25, 0.3) is 0 Å². The van der Waals surface area contributed by atoms with Crippen LogP contribution in [0.15, 0.2) is 54.6 Å². The Morgan fingerprint density at radius 1 is 1.08 bits per heavy atom. The van der Waals surface area contributed by atoms with E-state index in [2.05, 4.69) is 29.7 Å². The minimum absolute atomic E-state index is 0. The van der Waals surface area contributed by atoms with E-state index in [0.717, 1.165) is 5.69 Å². The molecule has 0 saturated heterocycles. The second-order valence-corrected chi connectivity index (χ2v) is 5.41. The van der Waals surface area contributed by atoms with E-state index in [0.29, 0.717) is 5.69 Å². The first-order valence-corrected chi connectivity index (χ1v) is 7.57. The number of benzene rings is 2. The van der Waals surface area contributed by atoms with Crippen LogP contribution in [0.25, 0.3) is 0 Å². The van der Waals surface area contributed by atoms with Crippen LogP contribution in [0.2, 0.25) is 0 Å². The molecule has 2 aromatic rings. The zero-order chi connectivity index (χ0) is 16.7. The second-order valence-electron chi connectivity index (χ2n) is 5.41. The van der Waals surface area contributed by atoms with Gasteiger partial charge in [-0.2, -0.15) is 0 Å². The molecule has 2 aromatic carbocycles. The molecule has 0 aromatic heterocycles. The maximum absolute atomic E-state index is 11.8. The average Bonchev–Trinajstić information content (AvgIpc) is 2.57. The number of rotatable bonds is 7. The Balaban J connectivity index is 0.00000288. The lowest BCUT2D eigenvalue weighted by atomic mass is 10.1. The maximum Gasteiger partial charge on any atom is 0.243 e. The van der Waals surface area contributed by atoms with Gasteiger partial charge in [0.1, 0.15) is 6.04 Å². The predicted molar refractivity (Wildman–Crippen MR) is 101 cm³/mol. The van der Waals surface area contributed by atoms with Crippen LogP contribution in [-0.4, -0.2) is 25.7 Å². The standard InChI is InChI=1S/C18H23N3O2.ClH/c1-13(14-6-4-3-5-7-14)20-15-8-10-16(11-9-15)21-18(22)17(19)12-23-2;/h3-11,13,17,20H,12,19H2,1-2H3,(H,21,22);1H. The van der Waals surface area contributed by atoms with E-state index in [1.165, 1.54) is 12.7 Å². The lowest BCUT2D eigenvalue weighted by Crippen LogP contribution is -2.39. The molecule has 0 aliphatic carbocycles. The van der Waals surface area contributed by atoms with Gasteiger partial charge in [-0.05, 0) is 36.8 Å². The molecule has 1 amide bonds. The van der Waals surface area contributed by atoms with Crippen molar-refractivity contribution in [3.8, 4) is 0 Å². The fraction of sp³-hybridized carbons (Fsp3) is 0.278. The SMILES string of the molecule is COCC(N)C(=O)Nc1ccc(NC(C)c2ccccc2)cc1.Cl. The number of nitrogens with one attached hydrogen (secondary N) is 2. The summed E-state index contributed by atoms with van der Waals surface area (Å²) >= 11 is 0. The highest BCUT2D eigenvalue weighted by molar-refractivity contribution is 5.94. The molecule has 4 N–H and O–H groups in total. The summed E-state index contributed by atoms with van der Waals surface area (Å²) in [5, 5.41) is 6.19.